The fourth-order valence-corrected chi connectivity index (χ4v) is 1.49. The Morgan fingerprint density at radius 1 is 1.57 bits per heavy atom. The van der Waals surface area contributed by atoms with E-state index in [9.17, 15) is 4.79 Å². The Morgan fingerprint density at radius 2 is 2.21 bits per heavy atom. The first kappa shape index (κ1) is 13.5. The first-order chi connectivity index (χ1) is 6.16. The molecule has 0 aromatic rings. The monoisotopic (exact) mass is 218 g/mol. The van der Waals surface area contributed by atoms with Crippen molar-refractivity contribution in [3.05, 3.63) is 11.6 Å². The molecule has 1 aliphatic heterocycles. The molecule has 0 aromatic heterocycles. The van der Waals surface area contributed by atoms with Crippen LogP contribution in [0.25, 0.3) is 0 Å². The molecule has 0 saturated carbocycles. The van der Waals surface area contributed by atoms with Gasteiger partial charge in [0.15, 0.2) is 0 Å². The lowest BCUT2D eigenvalue weighted by molar-refractivity contribution is -0.129. The van der Waals surface area contributed by atoms with Crippen LogP contribution in [0.4, 0.5) is 0 Å². The Labute approximate surface area is 92.0 Å². The number of allylic oxidation sites excluding steroid dienone is 1. The normalized spacial score (nSPS) is 22.9. The van der Waals surface area contributed by atoms with Gasteiger partial charge in [0, 0.05) is 31.2 Å². The van der Waals surface area contributed by atoms with E-state index in [4.69, 9.17) is 0 Å². The first-order valence-corrected chi connectivity index (χ1v) is 4.81. The van der Waals surface area contributed by atoms with E-state index in [1.807, 2.05) is 24.8 Å². The highest BCUT2D eigenvalue weighted by atomic mass is 35.5. The van der Waals surface area contributed by atoms with E-state index in [0.29, 0.717) is 6.04 Å². The standard InChI is InChI=1S/C10H18N2O.ClH/c1-4-8(2)10(13)12-6-5-11-7-9(12)3;/h4,9,11H,5-7H2,1-3H3;1H/b8-4-;. The van der Waals surface area contributed by atoms with Crippen molar-refractivity contribution in [2.75, 3.05) is 19.6 Å². The van der Waals surface area contributed by atoms with Crippen molar-refractivity contribution >= 4 is 18.3 Å². The average molecular weight is 219 g/mol. The van der Waals surface area contributed by atoms with Gasteiger partial charge in [0.05, 0.1) is 0 Å². The fraction of sp³-hybridized carbons (Fsp3) is 0.700. The number of hydrogen-bond acceptors (Lipinski definition) is 2. The van der Waals surface area contributed by atoms with Crippen LogP contribution in [0.15, 0.2) is 11.6 Å². The molecule has 1 saturated heterocycles. The minimum atomic E-state index is 0. The topological polar surface area (TPSA) is 32.3 Å². The van der Waals surface area contributed by atoms with Crippen molar-refractivity contribution in [3.63, 3.8) is 0 Å². The number of halogens is 1. The Balaban J connectivity index is 0.00000169. The zero-order valence-electron chi connectivity index (χ0n) is 9.04. The van der Waals surface area contributed by atoms with E-state index >= 15 is 0 Å². The maximum absolute atomic E-state index is 11.8. The number of hydrogen-bond donors (Lipinski definition) is 1. The molecule has 0 aromatic carbocycles. The number of amides is 1. The minimum Gasteiger partial charge on any atom is -0.334 e. The molecule has 0 aliphatic carbocycles. The molecule has 4 heteroatoms. The number of nitrogens with zero attached hydrogens (tertiary/aromatic N) is 1. The second-order valence-electron chi connectivity index (χ2n) is 3.52. The summed E-state index contributed by atoms with van der Waals surface area (Å²) in [6.45, 7) is 8.49. The highest BCUT2D eigenvalue weighted by molar-refractivity contribution is 5.93. The van der Waals surface area contributed by atoms with Crippen molar-refractivity contribution < 1.29 is 4.79 Å². The molecule has 1 rings (SSSR count). The van der Waals surface area contributed by atoms with Gasteiger partial charge in [-0.3, -0.25) is 4.79 Å². The highest BCUT2D eigenvalue weighted by Crippen LogP contribution is 2.07. The summed E-state index contributed by atoms with van der Waals surface area (Å²) in [5, 5.41) is 3.26. The summed E-state index contributed by atoms with van der Waals surface area (Å²) < 4.78 is 0. The molecule has 1 unspecified atom stereocenters. The van der Waals surface area contributed by atoms with Crippen LogP contribution in [0, 0.1) is 0 Å². The number of piperazine rings is 1. The van der Waals surface area contributed by atoms with E-state index in [1.54, 1.807) is 0 Å². The van der Waals surface area contributed by atoms with Gasteiger partial charge in [0.1, 0.15) is 0 Å². The third-order valence-electron chi connectivity index (χ3n) is 2.53. The molecule has 1 heterocycles. The molecule has 0 bridgehead atoms. The fourth-order valence-electron chi connectivity index (χ4n) is 1.49. The summed E-state index contributed by atoms with van der Waals surface area (Å²) in [5.74, 6) is 0.177. The van der Waals surface area contributed by atoms with Crippen LogP contribution in [-0.2, 0) is 4.79 Å². The summed E-state index contributed by atoms with van der Waals surface area (Å²) in [6, 6.07) is 0.316. The molecule has 0 radical (unpaired) electrons. The van der Waals surface area contributed by atoms with E-state index in [1.165, 1.54) is 0 Å². The van der Waals surface area contributed by atoms with Crippen LogP contribution in [0.1, 0.15) is 20.8 Å². The van der Waals surface area contributed by atoms with Crippen molar-refractivity contribution in [2.24, 2.45) is 0 Å². The quantitative estimate of drug-likeness (QED) is 0.671. The van der Waals surface area contributed by atoms with Gasteiger partial charge in [0.2, 0.25) is 5.91 Å². The van der Waals surface area contributed by atoms with Gasteiger partial charge in [-0.05, 0) is 20.8 Å². The summed E-state index contributed by atoms with van der Waals surface area (Å²) in [7, 11) is 0. The van der Waals surface area contributed by atoms with Gasteiger partial charge in [-0.1, -0.05) is 6.08 Å². The maximum Gasteiger partial charge on any atom is 0.249 e. The van der Waals surface area contributed by atoms with Crippen LogP contribution in [-0.4, -0.2) is 36.5 Å². The Kier molecular flexibility index (Phi) is 5.81. The van der Waals surface area contributed by atoms with Crippen LogP contribution < -0.4 is 5.32 Å². The Morgan fingerprint density at radius 3 is 2.71 bits per heavy atom. The van der Waals surface area contributed by atoms with E-state index in [2.05, 4.69) is 12.2 Å². The second kappa shape index (κ2) is 6.04. The molecule has 1 aliphatic rings. The highest BCUT2D eigenvalue weighted by Gasteiger charge is 2.23. The van der Waals surface area contributed by atoms with Gasteiger partial charge in [-0.15, -0.1) is 12.4 Å². The molecule has 3 nitrogen and oxygen atoms in total. The molecular weight excluding hydrogens is 200 g/mol. The second-order valence-corrected chi connectivity index (χ2v) is 3.52. The number of rotatable bonds is 1. The van der Waals surface area contributed by atoms with Crippen LogP contribution in [0.3, 0.4) is 0 Å². The van der Waals surface area contributed by atoms with Gasteiger partial charge >= 0.3 is 0 Å². The third kappa shape index (κ3) is 3.00. The Hall–Kier alpha value is -0.540. The zero-order chi connectivity index (χ0) is 9.84. The number of carbonyl (C=O) groups excluding carboxylic acids is 1. The average Bonchev–Trinajstić information content (AvgIpc) is 2.16. The van der Waals surface area contributed by atoms with Crippen molar-refractivity contribution in [2.45, 2.75) is 26.8 Å². The molecule has 82 valence electrons. The summed E-state index contributed by atoms with van der Waals surface area (Å²) in [6.07, 6.45) is 1.87. The van der Waals surface area contributed by atoms with Crippen molar-refractivity contribution in [1.29, 1.82) is 0 Å². The van der Waals surface area contributed by atoms with Crippen LogP contribution in [0.5, 0.6) is 0 Å². The molecule has 14 heavy (non-hydrogen) atoms. The van der Waals surface area contributed by atoms with Gasteiger partial charge < -0.3 is 10.2 Å². The van der Waals surface area contributed by atoms with Crippen molar-refractivity contribution in [3.8, 4) is 0 Å². The molecule has 1 fully saturated rings. The largest absolute Gasteiger partial charge is 0.334 e. The summed E-state index contributed by atoms with van der Waals surface area (Å²) in [5.41, 5.74) is 0.841. The lowest BCUT2D eigenvalue weighted by Gasteiger charge is -2.34. The van der Waals surface area contributed by atoms with Crippen LogP contribution in [0.2, 0.25) is 0 Å². The summed E-state index contributed by atoms with van der Waals surface area (Å²) >= 11 is 0. The predicted octanol–water partition coefficient (Wildman–Crippen LogP) is 1.19. The molecule has 1 N–H and O–H groups in total. The smallest absolute Gasteiger partial charge is 0.249 e. The van der Waals surface area contributed by atoms with Gasteiger partial charge in [-0.2, -0.15) is 0 Å². The third-order valence-corrected chi connectivity index (χ3v) is 2.53. The van der Waals surface area contributed by atoms with Gasteiger partial charge in [-0.25, -0.2) is 0 Å². The lowest BCUT2D eigenvalue weighted by atomic mass is 10.1. The zero-order valence-corrected chi connectivity index (χ0v) is 9.86. The number of carbonyl (C=O) groups is 1. The molecular formula is C10H19ClN2O. The van der Waals surface area contributed by atoms with Gasteiger partial charge in [0.25, 0.3) is 0 Å². The molecule has 1 atom stereocenters. The maximum atomic E-state index is 11.8. The molecule has 0 spiro atoms. The van der Waals surface area contributed by atoms with Crippen molar-refractivity contribution in [1.82, 2.24) is 10.2 Å². The molecule has 1 amide bonds. The number of nitrogens with one attached hydrogen (secondary N) is 1. The van der Waals surface area contributed by atoms with Crippen LogP contribution >= 0.6 is 12.4 Å². The first-order valence-electron chi connectivity index (χ1n) is 4.81. The summed E-state index contributed by atoms with van der Waals surface area (Å²) in [4.78, 5) is 13.7. The van der Waals surface area contributed by atoms with E-state index < -0.39 is 0 Å². The Bertz CT molecular complexity index is 228. The SMILES string of the molecule is C/C=C(/C)C(=O)N1CCNCC1C.Cl. The van der Waals surface area contributed by atoms with E-state index in [-0.39, 0.29) is 18.3 Å². The predicted molar refractivity (Wildman–Crippen MR) is 60.7 cm³/mol. The minimum absolute atomic E-state index is 0. The lowest BCUT2D eigenvalue weighted by Crippen LogP contribution is -2.52. The van der Waals surface area contributed by atoms with E-state index in [0.717, 1.165) is 25.2 Å².